The summed E-state index contributed by atoms with van der Waals surface area (Å²) in [6.45, 7) is 8.47. The molecule has 2 fully saturated rings. The van der Waals surface area contributed by atoms with Crippen LogP contribution in [0.5, 0.6) is 0 Å². The van der Waals surface area contributed by atoms with Gasteiger partial charge in [-0.3, -0.25) is 4.90 Å². The highest BCUT2D eigenvalue weighted by Crippen LogP contribution is 2.24. The molecule has 0 spiro atoms. The van der Waals surface area contributed by atoms with Crippen LogP contribution in [0.3, 0.4) is 0 Å². The number of nitrogens with zero attached hydrogens (tertiary/aromatic N) is 1. The van der Waals surface area contributed by atoms with E-state index in [9.17, 15) is 5.11 Å². The summed E-state index contributed by atoms with van der Waals surface area (Å²) in [4.78, 5) is 2.53. The minimum absolute atomic E-state index is 0.00862. The Hall–Kier alpha value is -0.160. The highest BCUT2D eigenvalue weighted by molar-refractivity contribution is 4.92. The van der Waals surface area contributed by atoms with Gasteiger partial charge in [-0.1, -0.05) is 13.3 Å². The Morgan fingerprint density at radius 1 is 1.44 bits per heavy atom. The maximum absolute atomic E-state index is 9.19. The van der Waals surface area contributed by atoms with Crippen molar-refractivity contribution in [2.24, 2.45) is 5.92 Å². The van der Waals surface area contributed by atoms with Gasteiger partial charge in [-0.25, -0.2) is 0 Å². The molecule has 2 aliphatic rings. The second-order valence-electron chi connectivity index (χ2n) is 5.08. The lowest BCUT2D eigenvalue weighted by Gasteiger charge is -2.42. The molecule has 0 aromatic heterocycles. The highest BCUT2D eigenvalue weighted by Gasteiger charge is 2.36. The lowest BCUT2D eigenvalue weighted by molar-refractivity contribution is -0.0935. The molecule has 2 heterocycles. The van der Waals surface area contributed by atoms with E-state index in [-0.39, 0.29) is 12.7 Å². The summed E-state index contributed by atoms with van der Waals surface area (Å²) in [5.41, 5.74) is 0. The van der Waals surface area contributed by atoms with E-state index in [0.717, 1.165) is 32.2 Å². The Labute approximate surface area is 98.0 Å². The van der Waals surface area contributed by atoms with Crippen LogP contribution in [-0.4, -0.2) is 61.0 Å². The molecule has 4 heteroatoms. The maximum atomic E-state index is 9.19. The quantitative estimate of drug-likeness (QED) is 0.717. The molecule has 16 heavy (non-hydrogen) atoms. The van der Waals surface area contributed by atoms with Gasteiger partial charge < -0.3 is 15.2 Å². The number of rotatable bonds is 3. The van der Waals surface area contributed by atoms with Gasteiger partial charge in [0.05, 0.1) is 19.3 Å². The largest absolute Gasteiger partial charge is 0.394 e. The number of hydrogen-bond acceptors (Lipinski definition) is 4. The zero-order chi connectivity index (χ0) is 11.5. The van der Waals surface area contributed by atoms with Gasteiger partial charge in [0, 0.05) is 25.2 Å². The third-order valence-corrected chi connectivity index (χ3v) is 4.01. The second kappa shape index (κ2) is 5.45. The van der Waals surface area contributed by atoms with E-state index in [2.05, 4.69) is 24.1 Å². The molecule has 2 N–H and O–H groups in total. The smallest absolute Gasteiger partial charge is 0.0933 e. The first-order valence-electron chi connectivity index (χ1n) is 6.45. The van der Waals surface area contributed by atoms with Crippen molar-refractivity contribution in [2.45, 2.75) is 38.5 Å². The van der Waals surface area contributed by atoms with Crippen LogP contribution in [0.15, 0.2) is 0 Å². The summed E-state index contributed by atoms with van der Waals surface area (Å²) in [6.07, 6.45) is 1.24. The van der Waals surface area contributed by atoms with E-state index >= 15 is 0 Å². The predicted molar refractivity (Wildman–Crippen MR) is 63.4 cm³/mol. The lowest BCUT2D eigenvalue weighted by atomic mass is 9.97. The first-order valence-corrected chi connectivity index (χ1v) is 6.45. The SMILES string of the molecule is CCC1CNCC1N1CC(CO)OCC1C. The normalized spacial score (nSPS) is 41.4. The second-order valence-corrected chi connectivity index (χ2v) is 5.08. The molecule has 0 aliphatic carbocycles. The van der Waals surface area contributed by atoms with Crippen molar-refractivity contribution < 1.29 is 9.84 Å². The van der Waals surface area contributed by atoms with E-state index in [0.29, 0.717) is 12.1 Å². The fourth-order valence-electron chi connectivity index (χ4n) is 2.94. The zero-order valence-electron chi connectivity index (χ0n) is 10.4. The van der Waals surface area contributed by atoms with Crippen molar-refractivity contribution in [3.05, 3.63) is 0 Å². The summed E-state index contributed by atoms with van der Waals surface area (Å²) in [5.74, 6) is 0.750. The first-order chi connectivity index (χ1) is 7.76. The van der Waals surface area contributed by atoms with Crippen LogP contribution in [0.1, 0.15) is 20.3 Å². The van der Waals surface area contributed by atoms with Gasteiger partial charge in [-0.15, -0.1) is 0 Å². The molecule has 2 aliphatic heterocycles. The van der Waals surface area contributed by atoms with E-state index in [1.54, 1.807) is 0 Å². The van der Waals surface area contributed by atoms with E-state index in [4.69, 9.17) is 4.74 Å². The van der Waals surface area contributed by atoms with Crippen LogP contribution >= 0.6 is 0 Å². The van der Waals surface area contributed by atoms with Gasteiger partial charge in [-0.2, -0.15) is 0 Å². The van der Waals surface area contributed by atoms with Crippen LogP contribution in [0, 0.1) is 5.92 Å². The number of ether oxygens (including phenoxy) is 1. The molecule has 2 saturated heterocycles. The molecular weight excluding hydrogens is 204 g/mol. The first kappa shape index (κ1) is 12.3. The number of hydrogen-bond donors (Lipinski definition) is 2. The van der Waals surface area contributed by atoms with Gasteiger partial charge in [0.2, 0.25) is 0 Å². The van der Waals surface area contributed by atoms with Crippen molar-refractivity contribution in [3.8, 4) is 0 Å². The number of nitrogens with one attached hydrogen (secondary N) is 1. The van der Waals surface area contributed by atoms with Crippen molar-refractivity contribution in [3.63, 3.8) is 0 Å². The van der Waals surface area contributed by atoms with E-state index in [1.807, 2.05) is 0 Å². The fraction of sp³-hybridized carbons (Fsp3) is 1.00. The van der Waals surface area contributed by atoms with Gasteiger partial charge in [0.15, 0.2) is 0 Å². The highest BCUT2D eigenvalue weighted by atomic mass is 16.5. The Kier molecular flexibility index (Phi) is 4.19. The number of morpholine rings is 1. The number of aliphatic hydroxyl groups excluding tert-OH is 1. The van der Waals surface area contributed by atoms with Gasteiger partial charge in [0.1, 0.15) is 0 Å². The molecule has 0 radical (unpaired) electrons. The Morgan fingerprint density at radius 3 is 2.94 bits per heavy atom. The third kappa shape index (κ3) is 2.40. The average molecular weight is 228 g/mol. The molecule has 0 amide bonds. The monoisotopic (exact) mass is 228 g/mol. The van der Waals surface area contributed by atoms with Crippen molar-refractivity contribution >= 4 is 0 Å². The summed E-state index contributed by atoms with van der Waals surface area (Å²) < 4.78 is 5.59. The van der Waals surface area contributed by atoms with E-state index < -0.39 is 0 Å². The predicted octanol–water partition coefficient (Wildman–Crippen LogP) is 0.0660. The molecule has 2 rings (SSSR count). The van der Waals surface area contributed by atoms with Crippen LogP contribution in [0.25, 0.3) is 0 Å². The average Bonchev–Trinajstić information content (AvgIpc) is 2.77. The summed E-state index contributed by atoms with van der Waals surface area (Å²) >= 11 is 0. The Bertz CT molecular complexity index is 225. The van der Waals surface area contributed by atoms with Crippen LogP contribution in [0.4, 0.5) is 0 Å². The molecule has 0 bridgehead atoms. The van der Waals surface area contributed by atoms with Gasteiger partial charge in [0.25, 0.3) is 0 Å². The minimum Gasteiger partial charge on any atom is -0.394 e. The van der Waals surface area contributed by atoms with Crippen LogP contribution in [-0.2, 0) is 4.74 Å². The standard InChI is InChI=1S/C12H24N2O2/c1-3-10-4-13-5-12(10)14-6-11(7-15)16-8-9(14)2/h9-13,15H,3-8H2,1-2H3. The van der Waals surface area contributed by atoms with Crippen LogP contribution in [0.2, 0.25) is 0 Å². The third-order valence-electron chi connectivity index (χ3n) is 4.01. The molecule has 4 nitrogen and oxygen atoms in total. The topological polar surface area (TPSA) is 44.7 Å². The maximum Gasteiger partial charge on any atom is 0.0933 e. The van der Waals surface area contributed by atoms with Gasteiger partial charge >= 0.3 is 0 Å². The van der Waals surface area contributed by atoms with Crippen LogP contribution < -0.4 is 5.32 Å². The summed E-state index contributed by atoms with van der Waals surface area (Å²) in [5, 5.41) is 12.7. The van der Waals surface area contributed by atoms with Crippen molar-refractivity contribution in [1.82, 2.24) is 10.2 Å². The Morgan fingerprint density at radius 2 is 2.25 bits per heavy atom. The summed E-state index contributed by atoms with van der Waals surface area (Å²) in [6, 6.07) is 1.10. The molecule has 0 aromatic rings. The lowest BCUT2D eigenvalue weighted by Crippen LogP contribution is -2.55. The molecular formula is C12H24N2O2. The summed E-state index contributed by atoms with van der Waals surface area (Å²) in [7, 11) is 0. The molecule has 94 valence electrons. The molecule has 4 unspecified atom stereocenters. The van der Waals surface area contributed by atoms with Crippen molar-refractivity contribution in [1.29, 1.82) is 0 Å². The number of aliphatic hydroxyl groups is 1. The molecule has 0 saturated carbocycles. The zero-order valence-corrected chi connectivity index (χ0v) is 10.4. The van der Waals surface area contributed by atoms with E-state index in [1.165, 1.54) is 6.42 Å². The fourth-order valence-corrected chi connectivity index (χ4v) is 2.94. The molecule has 0 aromatic carbocycles. The molecule has 4 atom stereocenters. The minimum atomic E-state index is 0.00862. The Balaban J connectivity index is 2.00. The van der Waals surface area contributed by atoms with Crippen molar-refractivity contribution in [2.75, 3.05) is 32.8 Å². The van der Waals surface area contributed by atoms with Gasteiger partial charge in [-0.05, 0) is 19.4 Å².